The van der Waals surface area contributed by atoms with Crippen molar-refractivity contribution < 1.29 is 0 Å². The number of nitrogens with two attached hydrogens (primary N) is 1. The Morgan fingerprint density at radius 1 is 1.37 bits per heavy atom. The highest BCUT2D eigenvalue weighted by Crippen LogP contribution is 2.43. The Bertz CT molecular complexity index is 609. The van der Waals surface area contributed by atoms with Crippen LogP contribution in [0.3, 0.4) is 0 Å². The van der Waals surface area contributed by atoms with Crippen LogP contribution >= 0.6 is 11.6 Å². The Morgan fingerprint density at radius 3 is 2.63 bits per heavy atom. The van der Waals surface area contributed by atoms with Gasteiger partial charge in [0.15, 0.2) is 0 Å². The van der Waals surface area contributed by atoms with Gasteiger partial charge < -0.3 is 10.3 Å². The maximum atomic E-state index is 6.57. The van der Waals surface area contributed by atoms with Crippen molar-refractivity contribution in [1.29, 1.82) is 0 Å². The van der Waals surface area contributed by atoms with Gasteiger partial charge in [-0.05, 0) is 37.8 Å². The Labute approximate surface area is 118 Å². The van der Waals surface area contributed by atoms with Crippen molar-refractivity contribution in [3.63, 3.8) is 0 Å². The summed E-state index contributed by atoms with van der Waals surface area (Å²) in [6, 6.07) is 6.44. The van der Waals surface area contributed by atoms with E-state index in [1.807, 2.05) is 18.2 Å². The third-order valence-corrected chi connectivity index (χ3v) is 4.59. The quantitative estimate of drug-likeness (QED) is 0.918. The molecule has 4 heteroatoms. The van der Waals surface area contributed by atoms with E-state index in [2.05, 4.69) is 18.4 Å². The molecule has 1 aromatic carbocycles. The third kappa shape index (κ3) is 1.96. The normalized spacial score (nSPS) is 16.2. The van der Waals surface area contributed by atoms with Crippen molar-refractivity contribution in [2.24, 2.45) is 5.73 Å². The minimum absolute atomic E-state index is 0.356. The summed E-state index contributed by atoms with van der Waals surface area (Å²) in [7, 11) is 0. The molecule has 0 amide bonds. The molecule has 19 heavy (non-hydrogen) atoms. The average molecular weight is 278 g/mol. The van der Waals surface area contributed by atoms with Crippen molar-refractivity contribution in [1.82, 2.24) is 9.55 Å². The van der Waals surface area contributed by atoms with Crippen molar-refractivity contribution >= 4 is 22.6 Å². The molecule has 1 saturated carbocycles. The molecule has 102 valence electrons. The standard InChI is InChI=1S/C15H20ClN3/c1-3-15(17,4-2)14-18-12-7-5-6-11(16)13(12)19(14)10-8-9-10/h5-7,10H,3-4,8-9,17H2,1-2H3. The second-order valence-electron chi connectivity index (χ2n) is 5.51. The molecule has 0 saturated heterocycles. The molecule has 0 spiro atoms. The maximum absolute atomic E-state index is 6.57. The van der Waals surface area contributed by atoms with Gasteiger partial charge in [-0.15, -0.1) is 0 Å². The number of hydrogen-bond acceptors (Lipinski definition) is 2. The number of fused-ring (bicyclic) bond motifs is 1. The van der Waals surface area contributed by atoms with Crippen LogP contribution in [0.15, 0.2) is 18.2 Å². The molecule has 1 aliphatic rings. The van der Waals surface area contributed by atoms with E-state index in [-0.39, 0.29) is 5.54 Å². The zero-order valence-electron chi connectivity index (χ0n) is 11.5. The lowest BCUT2D eigenvalue weighted by atomic mass is 9.93. The van der Waals surface area contributed by atoms with Gasteiger partial charge in [0.25, 0.3) is 0 Å². The van der Waals surface area contributed by atoms with E-state index < -0.39 is 0 Å². The first-order valence-corrected chi connectivity index (χ1v) is 7.44. The number of para-hydroxylation sites is 1. The number of hydrogen-bond donors (Lipinski definition) is 1. The molecule has 0 aliphatic heterocycles. The van der Waals surface area contributed by atoms with Crippen LogP contribution in [0.5, 0.6) is 0 Å². The fourth-order valence-electron chi connectivity index (χ4n) is 2.71. The van der Waals surface area contributed by atoms with Crippen LogP contribution in [-0.4, -0.2) is 9.55 Å². The van der Waals surface area contributed by atoms with E-state index in [1.54, 1.807) is 0 Å². The van der Waals surface area contributed by atoms with E-state index in [9.17, 15) is 0 Å². The zero-order chi connectivity index (χ0) is 13.6. The zero-order valence-corrected chi connectivity index (χ0v) is 12.2. The van der Waals surface area contributed by atoms with Gasteiger partial charge in [-0.3, -0.25) is 0 Å². The first-order chi connectivity index (χ1) is 9.10. The molecule has 0 radical (unpaired) electrons. The van der Waals surface area contributed by atoms with Crippen molar-refractivity contribution in [3.8, 4) is 0 Å². The van der Waals surface area contributed by atoms with E-state index in [4.69, 9.17) is 22.3 Å². The number of aromatic nitrogens is 2. The van der Waals surface area contributed by atoms with Crippen LogP contribution in [0.1, 0.15) is 51.4 Å². The fraction of sp³-hybridized carbons (Fsp3) is 0.533. The molecule has 1 heterocycles. The van der Waals surface area contributed by atoms with E-state index in [0.717, 1.165) is 34.7 Å². The summed E-state index contributed by atoms with van der Waals surface area (Å²) in [5.74, 6) is 1.00. The van der Waals surface area contributed by atoms with Gasteiger partial charge in [0.2, 0.25) is 0 Å². The Kier molecular flexibility index (Phi) is 3.06. The Hall–Kier alpha value is -1.06. The van der Waals surface area contributed by atoms with Gasteiger partial charge in [-0.2, -0.15) is 0 Å². The van der Waals surface area contributed by atoms with Gasteiger partial charge in [0.05, 0.1) is 21.6 Å². The second-order valence-corrected chi connectivity index (χ2v) is 5.91. The molecule has 1 aliphatic carbocycles. The van der Waals surface area contributed by atoms with Crippen LogP contribution in [-0.2, 0) is 5.54 Å². The molecule has 2 aromatic rings. The van der Waals surface area contributed by atoms with Crippen molar-refractivity contribution in [2.45, 2.75) is 51.1 Å². The molecule has 0 atom stereocenters. The Morgan fingerprint density at radius 2 is 2.05 bits per heavy atom. The maximum Gasteiger partial charge on any atom is 0.130 e. The molecule has 3 rings (SSSR count). The summed E-state index contributed by atoms with van der Waals surface area (Å²) in [6.45, 7) is 4.25. The molecule has 3 nitrogen and oxygen atoms in total. The SMILES string of the molecule is CCC(N)(CC)c1nc2cccc(Cl)c2n1C1CC1. The highest BCUT2D eigenvalue weighted by molar-refractivity contribution is 6.35. The van der Waals surface area contributed by atoms with Gasteiger partial charge in [0.1, 0.15) is 5.82 Å². The first-order valence-electron chi connectivity index (χ1n) is 7.06. The van der Waals surface area contributed by atoms with Gasteiger partial charge in [-0.25, -0.2) is 4.98 Å². The summed E-state index contributed by atoms with van der Waals surface area (Å²) < 4.78 is 2.30. The molecule has 1 fully saturated rings. The number of imidazole rings is 1. The summed E-state index contributed by atoms with van der Waals surface area (Å²) in [5, 5.41) is 0.776. The van der Waals surface area contributed by atoms with Crippen LogP contribution in [0.2, 0.25) is 5.02 Å². The summed E-state index contributed by atoms with van der Waals surface area (Å²) >= 11 is 6.38. The van der Waals surface area contributed by atoms with Gasteiger partial charge in [-0.1, -0.05) is 31.5 Å². The monoisotopic (exact) mass is 277 g/mol. The van der Waals surface area contributed by atoms with Crippen molar-refractivity contribution in [3.05, 3.63) is 29.0 Å². The number of benzene rings is 1. The number of rotatable bonds is 4. The lowest BCUT2D eigenvalue weighted by Gasteiger charge is -2.27. The van der Waals surface area contributed by atoms with Crippen LogP contribution in [0.4, 0.5) is 0 Å². The Balaban J connectivity index is 2.30. The van der Waals surface area contributed by atoms with E-state index >= 15 is 0 Å². The second kappa shape index (κ2) is 4.50. The predicted octanol–water partition coefficient (Wildman–Crippen LogP) is 4.00. The predicted molar refractivity (Wildman–Crippen MR) is 79.5 cm³/mol. The molecule has 2 N–H and O–H groups in total. The van der Waals surface area contributed by atoms with E-state index in [0.29, 0.717) is 6.04 Å². The lowest BCUT2D eigenvalue weighted by Crippen LogP contribution is -2.38. The van der Waals surface area contributed by atoms with Crippen LogP contribution < -0.4 is 5.73 Å². The lowest BCUT2D eigenvalue weighted by molar-refractivity contribution is 0.371. The van der Waals surface area contributed by atoms with E-state index in [1.165, 1.54) is 12.8 Å². The molecular weight excluding hydrogens is 258 g/mol. The first kappa shape index (κ1) is 12.9. The average Bonchev–Trinajstić information content (AvgIpc) is 3.18. The third-order valence-electron chi connectivity index (χ3n) is 4.28. The molecule has 1 aromatic heterocycles. The van der Waals surface area contributed by atoms with Crippen LogP contribution in [0.25, 0.3) is 11.0 Å². The van der Waals surface area contributed by atoms with Crippen molar-refractivity contribution in [2.75, 3.05) is 0 Å². The molecule has 0 unspecified atom stereocenters. The fourth-order valence-corrected chi connectivity index (χ4v) is 2.97. The minimum Gasteiger partial charge on any atom is -0.322 e. The topological polar surface area (TPSA) is 43.8 Å². The summed E-state index contributed by atoms with van der Waals surface area (Å²) in [5.41, 5.74) is 8.23. The molecular formula is C15H20ClN3. The largest absolute Gasteiger partial charge is 0.322 e. The smallest absolute Gasteiger partial charge is 0.130 e. The number of halogens is 1. The number of nitrogens with zero attached hydrogens (tertiary/aromatic N) is 2. The molecule has 0 bridgehead atoms. The van der Waals surface area contributed by atoms with Gasteiger partial charge >= 0.3 is 0 Å². The highest BCUT2D eigenvalue weighted by atomic mass is 35.5. The van der Waals surface area contributed by atoms with Crippen LogP contribution in [0, 0.1) is 0 Å². The highest BCUT2D eigenvalue weighted by Gasteiger charge is 2.36. The minimum atomic E-state index is -0.356. The summed E-state index contributed by atoms with van der Waals surface area (Å²) in [4.78, 5) is 4.80. The van der Waals surface area contributed by atoms with Gasteiger partial charge in [0, 0.05) is 6.04 Å². The summed E-state index contributed by atoms with van der Waals surface area (Å²) in [6.07, 6.45) is 4.18.